The number of hydrazine groups is 1. The molecule has 9 nitrogen and oxygen atoms in total. The van der Waals surface area contributed by atoms with Crippen LogP contribution in [0.4, 0.5) is 9.18 Å². The van der Waals surface area contributed by atoms with E-state index in [9.17, 15) is 18.8 Å². The summed E-state index contributed by atoms with van der Waals surface area (Å²) in [4.78, 5) is 43.0. The molecule has 3 atom stereocenters. The van der Waals surface area contributed by atoms with Crippen LogP contribution in [0.15, 0.2) is 48.5 Å². The lowest BCUT2D eigenvalue weighted by Gasteiger charge is -2.48. The van der Waals surface area contributed by atoms with Gasteiger partial charge in [-0.1, -0.05) is 37.1 Å². The Morgan fingerprint density at radius 1 is 1.11 bits per heavy atom. The first-order chi connectivity index (χ1) is 17.4. The van der Waals surface area contributed by atoms with Gasteiger partial charge < -0.3 is 15.0 Å². The number of carbonyl (C=O) groups is 3. The molecule has 190 valence electrons. The Morgan fingerprint density at radius 2 is 1.89 bits per heavy atom. The summed E-state index contributed by atoms with van der Waals surface area (Å²) >= 11 is 0. The maximum Gasteiger partial charge on any atom is 0.337 e. The molecule has 3 unspecified atom stereocenters. The van der Waals surface area contributed by atoms with E-state index < -0.39 is 6.29 Å². The minimum absolute atomic E-state index is 0.0186. The normalized spacial score (nSPS) is 23.4. The zero-order chi connectivity index (χ0) is 25.2. The molecule has 36 heavy (non-hydrogen) atoms. The Morgan fingerprint density at radius 3 is 2.67 bits per heavy atom. The number of halogens is 1. The second-order valence-electron chi connectivity index (χ2n) is 9.46. The zero-order valence-corrected chi connectivity index (χ0v) is 20.2. The smallest absolute Gasteiger partial charge is 0.337 e. The number of nitrogens with zero attached hydrogens (tertiary/aromatic N) is 3. The molecule has 0 spiro atoms. The molecule has 3 aliphatic rings. The molecule has 1 saturated carbocycles. The van der Waals surface area contributed by atoms with Gasteiger partial charge in [0.1, 0.15) is 18.1 Å². The van der Waals surface area contributed by atoms with Gasteiger partial charge >= 0.3 is 6.03 Å². The van der Waals surface area contributed by atoms with Gasteiger partial charge in [-0.15, -0.1) is 0 Å². The number of hydrogen-bond donors (Lipinski definition) is 2. The number of fused-ring (bicyclic) bond motifs is 3. The lowest BCUT2D eigenvalue weighted by molar-refractivity contribution is -0.157. The number of rotatable bonds is 7. The highest BCUT2D eigenvalue weighted by molar-refractivity contribution is 5.88. The average molecular weight is 496 g/mol. The van der Waals surface area contributed by atoms with E-state index in [2.05, 4.69) is 10.7 Å². The number of benzene rings is 2. The highest BCUT2D eigenvalue weighted by Gasteiger charge is 2.54. The van der Waals surface area contributed by atoms with Crippen LogP contribution < -0.4 is 15.5 Å². The van der Waals surface area contributed by atoms with Crippen LogP contribution in [-0.4, -0.2) is 58.6 Å². The van der Waals surface area contributed by atoms with E-state index in [1.807, 2.05) is 24.3 Å². The van der Waals surface area contributed by atoms with Crippen LogP contribution in [0.5, 0.6) is 5.75 Å². The molecule has 2 saturated heterocycles. The third kappa shape index (κ3) is 4.73. The lowest BCUT2D eigenvalue weighted by Crippen LogP contribution is -2.65. The Hall–Kier alpha value is -3.66. The number of ether oxygens (including phenoxy) is 1. The molecule has 1 aliphatic carbocycles. The van der Waals surface area contributed by atoms with Gasteiger partial charge in [-0.2, -0.15) is 5.43 Å². The van der Waals surface area contributed by atoms with Gasteiger partial charge in [0.05, 0.1) is 13.0 Å². The number of amides is 4. The average Bonchev–Trinajstić information content (AvgIpc) is 3.22. The summed E-state index contributed by atoms with van der Waals surface area (Å²) in [5, 5.41) is 4.12. The van der Waals surface area contributed by atoms with Crippen LogP contribution >= 0.6 is 0 Å². The molecule has 2 N–H and O–H groups in total. The first-order valence-corrected chi connectivity index (χ1v) is 12.2. The topological polar surface area (TPSA) is 94.2 Å². The van der Waals surface area contributed by atoms with Crippen molar-refractivity contribution >= 4 is 17.8 Å². The Balaban J connectivity index is 1.30. The van der Waals surface area contributed by atoms with E-state index in [0.717, 1.165) is 36.8 Å². The van der Waals surface area contributed by atoms with Gasteiger partial charge in [0.2, 0.25) is 11.8 Å². The van der Waals surface area contributed by atoms with E-state index in [4.69, 9.17) is 4.74 Å². The second kappa shape index (κ2) is 10.1. The SMILES string of the molecule is COc1cccc(CNC(=O)CN2NC3N(Cc4ccc(F)cc4)C(=O)C4CCCCC4N3C2=O)c1. The van der Waals surface area contributed by atoms with Crippen LogP contribution in [-0.2, 0) is 22.7 Å². The first kappa shape index (κ1) is 24.1. The van der Waals surface area contributed by atoms with E-state index in [1.54, 1.807) is 29.0 Å². The van der Waals surface area contributed by atoms with Crippen LogP contribution in [0.1, 0.15) is 36.8 Å². The Labute approximate surface area is 209 Å². The van der Waals surface area contributed by atoms with Gasteiger partial charge in [0.15, 0.2) is 6.29 Å². The largest absolute Gasteiger partial charge is 0.497 e. The van der Waals surface area contributed by atoms with Crippen molar-refractivity contribution in [1.82, 2.24) is 25.6 Å². The van der Waals surface area contributed by atoms with Crippen molar-refractivity contribution in [3.8, 4) is 5.75 Å². The minimum atomic E-state index is -0.694. The van der Waals surface area contributed by atoms with Crippen molar-refractivity contribution in [2.24, 2.45) is 5.92 Å². The number of urea groups is 1. The molecule has 5 rings (SSSR count). The summed E-state index contributed by atoms with van der Waals surface area (Å²) < 4.78 is 18.6. The molecule has 2 heterocycles. The van der Waals surface area contributed by atoms with Crippen LogP contribution in [0, 0.1) is 11.7 Å². The summed E-state index contributed by atoms with van der Waals surface area (Å²) in [7, 11) is 1.58. The predicted molar refractivity (Wildman–Crippen MR) is 128 cm³/mol. The Kier molecular flexibility index (Phi) is 6.77. The number of nitrogens with one attached hydrogen (secondary N) is 2. The molecule has 2 aromatic rings. The summed E-state index contributed by atoms with van der Waals surface area (Å²) in [5.74, 6) is -0.269. The van der Waals surface area contributed by atoms with Crippen LogP contribution in [0.25, 0.3) is 0 Å². The van der Waals surface area contributed by atoms with Gasteiger partial charge in [0, 0.05) is 19.1 Å². The summed E-state index contributed by atoms with van der Waals surface area (Å²) in [6.45, 7) is 0.344. The standard InChI is InChI=1S/C26H30FN5O4/c1-36-20-6-4-5-18(13-20)14-28-23(33)16-31-26(35)32-22-8-3-2-7-21(22)24(34)30(25(32)29-31)15-17-9-11-19(27)12-10-17/h4-6,9-13,21-22,25,29H,2-3,7-8,14-16H2,1H3,(H,28,33). The molecule has 3 fully saturated rings. The van der Waals surface area contributed by atoms with Crippen LogP contribution in [0.3, 0.4) is 0 Å². The van der Waals surface area contributed by atoms with Crippen LogP contribution in [0.2, 0.25) is 0 Å². The van der Waals surface area contributed by atoms with E-state index in [1.165, 1.54) is 17.1 Å². The summed E-state index contributed by atoms with van der Waals surface area (Å²) in [6.07, 6.45) is 2.67. The molecule has 4 amide bonds. The van der Waals surface area contributed by atoms with Crippen molar-refractivity contribution in [2.75, 3.05) is 13.7 Å². The maximum absolute atomic E-state index is 13.5. The molecule has 2 aromatic carbocycles. The van der Waals surface area contributed by atoms with E-state index in [0.29, 0.717) is 12.3 Å². The van der Waals surface area contributed by atoms with Gasteiger partial charge in [-0.05, 0) is 48.2 Å². The summed E-state index contributed by atoms with van der Waals surface area (Å²) in [5.41, 5.74) is 4.74. The lowest BCUT2D eigenvalue weighted by atomic mass is 9.81. The van der Waals surface area contributed by atoms with Gasteiger partial charge in [0.25, 0.3) is 0 Å². The monoisotopic (exact) mass is 495 g/mol. The molecule has 10 heteroatoms. The molecule has 0 aromatic heterocycles. The van der Waals surface area contributed by atoms with Gasteiger partial charge in [-0.3, -0.25) is 14.5 Å². The predicted octanol–water partition coefficient (Wildman–Crippen LogP) is 2.58. The fourth-order valence-corrected chi connectivity index (χ4v) is 5.36. The van der Waals surface area contributed by atoms with Crippen molar-refractivity contribution in [1.29, 1.82) is 0 Å². The van der Waals surface area contributed by atoms with Crippen molar-refractivity contribution in [2.45, 2.75) is 51.1 Å². The van der Waals surface area contributed by atoms with Crippen molar-refractivity contribution < 1.29 is 23.5 Å². The zero-order valence-electron chi connectivity index (χ0n) is 20.2. The molecule has 2 aliphatic heterocycles. The quantitative estimate of drug-likeness (QED) is 0.616. The second-order valence-corrected chi connectivity index (χ2v) is 9.46. The van der Waals surface area contributed by atoms with E-state index >= 15 is 0 Å². The number of carbonyl (C=O) groups excluding carboxylic acids is 3. The highest BCUT2D eigenvalue weighted by Crippen LogP contribution is 2.38. The third-order valence-electron chi connectivity index (χ3n) is 7.16. The van der Waals surface area contributed by atoms with Crippen molar-refractivity contribution in [3.05, 3.63) is 65.5 Å². The third-order valence-corrected chi connectivity index (χ3v) is 7.16. The fourth-order valence-electron chi connectivity index (χ4n) is 5.36. The number of hydrogen-bond acceptors (Lipinski definition) is 5. The number of methoxy groups -OCH3 is 1. The summed E-state index contributed by atoms with van der Waals surface area (Å²) in [6, 6.07) is 12.9. The molecule has 0 radical (unpaired) electrons. The minimum Gasteiger partial charge on any atom is -0.497 e. The highest BCUT2D eigenvalue weighted by atomic mass is 19.1. The van der Waals surface area contributed by atoms with E-state index in [-0.39, 0.29) is 48.7 Å². The first-order valence-electron chi connectivity index (χ1n) is 12.2. The van der Waals surface area contributed by atoms with Crippen molar-refractivity contribution in [3.63, 3.8) is 0 Å². The molecule has 0 bridgehead atoms. The van der Waals surface area contributed by atoms with Gasteiger partial charge in [-0.25, -0.2) is 14.2 Å². The molecular formula is C26H30FN5O4. The maximum atomic E-state index is 13.5. The molecular weight excluding hydrogens is 465 g/mol. The fraction of sp³-hybridized carbons (Fsp3) is 0.423. The Bertz CT molecular complexity index is 1140.